The zero-order valence-corrected chi connectivity index (χ0v) is 12.2. The van der Waals surface area contributed by atoms with Crippen LogP contribution in [0.3, 0.4) is 0 Å². The number of carbonyl (C=O) groups excluding carboxylic acids is 1. The van der Waals surface area contributed by atoms with Gasteiger partial charge in [-0.3, -0.25) is 4.79 Å². The molecular formula is C11H20Cl2N4O. The first kappa shape index (κ1) is 17.2. The van der Waals surface area contributed by atoms with Gasteiger partial charge in [0, 0.05) is 26.1 Å². The average molecular weight is 295 g/mol. The molecule has 1 aliphatic rings. The molecular weight excluding hydrogens is 275 g/mol. The fourth-order valence-electron chi connectivity index (χ4n) is 1.60. The third kappa shape index (κ3) is 4.15. The van der Waals surface area contributed by atoms with E-state index in [4.69, 9.17) is 0 Å². The van der Waals surface area contributed by atoms with Gasteiger partial charge in [0.1, 0.15) is 11.5 Å². The van der Waals surface area contributed by atoms with Crippen LogP contribution < -0.4 is 5.32 Å². The number of halogens is 2. The Labute approximate surface area is 120 Å². The summed E-state index contributed by atoms with van der Waals surface area (Å²) in [5, 5.41) is 3.02. The van der Waals surface area contributed by atoms with Crippen molar-refractivity contribution < 1.29 is 4.79 Å². The van der Waals surface area contributed by atoms with Crippen LogP contribution in [0.4, 0.5) is 0 Å². The third-order valence-electron chi connectivity index (χ3n) is 2.83. The second-order valence-corrected chi connectivity index (χ2v) is 4.29. The van der Waals surface area contributed by atoms with E-state index >= 15 is 0 Å². The number of imidazole rings is 1. The molecule has 1 aromatic rings. The van der Waals surface area contributed by atoms with Crippen LogP contribution in [0.1, 0.15) is 35.1 Å². The summed E-state index contributed by atoms with van der Waals surface area (Å²) in [5.41, 5.74) is 0.598. The zero-order valence-electron chi connectivity index (χ0n) is 10.6. The fourth-order valence-corrected chi connectivity index (χ4v) is 1.60. The number of hydrogen-bond donors (Lipinski definition) is 2. The molecule has 1 aromatic heterocycles. The van der Waals surface area contributed by atoms with E-state index in [-0.39, 0.29) is 30.7 Å². The highest BCUT2D eigenvalue weighted by molar-refractivity contribution is 5.92. The summed E-state index contributed by atoms with van der Waals surface area (Å²) in [5.74, 6) is 1.53. The Hall–Kier alpha value is -0.780. The molecule has 2 rings (SSSR count). The van der Waals surface area contributed by atoms with Crippen LogP contribution in [0.5, 0.6) is 0 Å². The van der Waals surface area contributed by atoms with Gasteiger partial charge in [0.2, 0.25) is 0 Å². The van der Waals surface area contributed by atoms with E-state index in [1.165, 1.54) is 12.8 Å². The van der Waals surface area contributed by atoms with Crippen molar-refractivity contribution in [2.24, 2.45) is 0 Å². The number of nitrogens with one attached hydrogen (secondary N) is 2. The Kier molecular flexibility index (Phi) is 7.28. The van der Waals surface area contributed by atoms with Crippen LogP contribution in [0.25, 0.3) is 0 Å². The first-order valence-corrected chi connectivity index (χ1v) is 5.67. The topological polar surface area (TPSA) is 61.0 Å². The first-order chi connectivity index (χ1) is 7.72. The molecule has 18 heavy (non-hydrogen) atoms. The van der Waals surface area contributed by atoms with Crippen LogP contribution in [0, 0.1) is 0 Å². The SMILES string of the molecule is CNCCN(C)C(=O)c1cnc(C2CC2)[nH]1.Cl.Cl. The third-order valence-corrected chi connectivity index (χ3v) is 2.83. The highest BCUT2D eigenvalue weighted by atomic mass is 35.5. The Morgan fingerprint density at radius 1 is 1.56 bits per heavy atom. The lowest BCUT2D eigenvalue weighted by atomic mass is 10.4. The van der Waals surface area contributed by atoms with Gasteiger partial charge in [0.15, 0.2) is 0 Å². The number of aromatic amines is 1. The predicted molar refractivity (Wildman–Crippen MR) is 75.9 cm³/mol. The Bertz CT molecular complexity index is 379. The minimum absolute atomic E-state index is 0. The van der Waals surface area contributed by atoms with Crippen molar-refractivity contribution in [3.63, 3.8) is 0 Å². The van der Waals surface area contributed by atoms with Gasteiger partial charge in [0.05, 0.1) is 6.20 Å². The number of H-pyrrole nitrogens is 1. The minimum atomic E-state index is 0. The Balaban J connectivity index is 0.00000144. The van der Waals surface area contributed by atoms with Crippen molar-refractivity contribution in [1.29, 1.82) is 0 Å². The van der Waals surface area contributed by atoms with E-state index in [1.54, 1.807) is 18.1 Å². The van der Waals surface area contributed by atoms with Crippen LogP contribution in [-0.2, 0) is 0 Å². The molecule has 0 atom stereocenters. The molecule has 0 unspecified atom stereocenters. The lowest BCUT2D eigenvalue weighted by Gasteiger charge is -2.15. The summed E-state index contributed by atoms with van der Waals surface area (Å²) in [6.07, 6.45) is 4.03. The van der Waals surface area contributed by atoms with Gasteiger partial charge in [0.25, 0.3) is 5.91 Å². The second-order valence-electron chi connectivity index (χ2n) is 4.29. The van der Waals surface area contributed by atoms with Gasteiger partial charge in [-0.15, -0.1) is 24.8 Å². The van der Waals surface area contributed by atoms with E-state index in [2.05, 4.69) is 15.3 Å². The molecule has 1 heterocycles. The molecule has 2 N–H and O–H groups in total. The summed E-state index contributed by atoms with van der Waals surface area (Å²) >= 11 is 0. The molecule has 0 radical (unpaired) electrons. The van der Waals surface area contributed by atoms with Crippen LogP contribution >= 0.6 is 24.8 Å². The molecule has 1 aliphatic carbocycles. The Morgan fingerprint density at radius 2 is 2.22 bits per heavy atom. The number of hydrogen-bond acceptors (Lipinski definition) is 3. The quantitative estimate of drug-likeness (QED) is 0.863. The molecule has 0 aromatic carbocycles. The van der Waals surface area contributed by atoms with Crippen molar-refractivity contribution >= 4 is 30.7 Å². The highest BCUT2D eigenvalue weighted by Crippen LogP contribution is 2.38. The Morgan fingerprint density at radius 3 is 2.78 bits per heavy atom. The number of aromatic nitrogens is 2. The number of likely N-dealkylation sites (N-methyl/N-ethyl adjacent to an activating group) is 2. The molecule has 0 saturated heterocycles. The van der Waals surface area contributed by atoms with Crippen LogP contribution in [-0.4, -0.2) is 48.0 Å². The van der Waals surface area contributed by atoms with Crippen molar-refractivity contribution in [1.82, 2.24) is 20.2 Å². The van der Waals surface area contributed by atoms with Gasteiger partial charge in [-0.05, 0) is 19.9 Å². The molecule has 1 amide bonds. The molecule has 0 aliphatic heterocycles. The van der Waals surface area contributed by atoms with Crippen LogP contribution in [0.15, 0.2) is 6.20 Å². The summed E-state index contributed by atoms with van der Waals surface area (Å²) < 4.78 is 0. The van der Waals surface area contributed by atoms with E-state index in [9.17, 15) is 4.79 Å². The van der Waals surface area contributed by atoms with Gasteiger partial charge >= 0.3 is 0 Å². The van der Waals surface area contributed by atoms with Gasteiger partial charge in [-0.1, -0.05) is 0 Å². The highest BCUT2D eigenvalue weighted by Gasteiger charge is 2.27. The predicted octanol–water partition coefficient (Wildman–Crippen LogP) is 1.42. The first-order valence-electron chi connectivity index (χ1n) is 5.67. The standard InChI is InChI=1S/C11H18N4O.2ClH/c1-12-5-6-15(2)11(16)9-7-13-10(14-9)8-3-4-8;;/h7-8,12H,3-6H2,1-2H3,(H,13,14);2*1H. The summed E-state index contributed by atoms with van der Waals surface area (Å²) in [6.45, 7) is 1.50. The molecule has 0 spiro atoms. The minimum Gasteiger partial charge on any atom is -0.339 e. The monoisotopic (exact) mass is 294 g/mol. The fraction of sp³-hybridized carbons (Fsp3) is 0.636. The largest absolute Gasteiger partial charge is 0.339 e. The van der Waals surface area contributed by atoms with Gasteiger partial charge in [-0.2, -0.15) is 0 Å². The molecule has 7 heteroatoms. The summed E-state index contributed by atoms with van der Waals surface area (Å²) in [7, 11) is 3.68. The van der Waals surface area contributed by atoms with Crippen molar-refractivity contribution in [2.75, 3.05) is 27.2 Å². The molecule has 0 bridgehead atoms. The van der Waals surface area contributed by atoms with Crippen molar-refractivity contribution in [3.05, 3.63) is 17.7 Å². The molecule has 5 nitrogen and oxygen atoms in total. The van der Waals surface area contributed by atoms with Crippen LogP contribution in [0.2, 0.25) is 0 Å². The smallest absolute Gasteiger partial charge is 0.271 e. The number of rotatable bonds is 5. The summed E-state index contributed by atoms with van der Waals surface area (Å²) in [6, 6.07) is 0. The second kappa shape index (κ2) is 7.61. The lowest BCUT2D eigenvalue weighted by molar-refractivity contribution is 0.0791. The molecule has 1 fully saturated rings. The van der Waals surface area contributed by atoms with E-state index in [1.807, 2.05) is 7.05 Å². The zero-order chi connectivity index (χ0) is 11.5. The number of carbonyl (C=O) groups is 1. The van der Waals surface area contributed by atoms with Crippen molar-refractivity contribution in [2.45, 2.75) is 18.8 Å². The molecule has 1 saturated carbocycles. The maximum absolute atomic E-state index is 11.9. The van der Waals surface area contributed by atoms with Gasteiger partial charge in [-0.25, -0.2) is 4.98 Å². The maximum atomic E-state index is 11.9. The van der Waals surface area contributed by atoms with Crippen molar-refractivity contribution in [3.8, 4) is 0 Å². The average Bonchev–Trinajstić information content (AvgIpc) is 3.03. The summed E-state index contributed by atoms with van der Waals surface area (Å²) in [4.78, 5) is 21.0. The lowest BCUT2D eigenvalue weighted by Crippen LogP contribution is -2.32. The van der Waals surface area contributed by atoms with Gasteiger partial charge < -0.3 is 15.2 Å². The maximum Gasteiger partial charge on any atom is 0.271 e. The number of amides is 1. The molecule has 104 valence electrons. The van der Waals surface area contributed by atoms with E-state index < -0.39 is 0 Å². The normalized spacial score (nSPS) is 13.4. The van der Waals surface area contributed by atoms with E-state index in [0.717, 1.165) is 12.4 Å². The number of nitrogens with zero attached hydrogens (tertiary/aromatic N) is 2. The van der Waals surface area contributed by atoms with E-state index in [0.29, 0.717) is 18.2 Å².